The lowest BCUT2D eigenvalue weighted by Crippen LogP contribution is -1.97. The average Bonchev–Trinajstić information content (AvgIpc) is 2.92. The van der Waals surface area contributed by atoms with Gasteiger partial charge in [0.05, 0.1) is 5.69 Å². The lowest BCUT2D eigenvalue weighted by molar-refractivity contribution is 0.802. The van der Waals surface area contributed by atoms with Crippen LogP contribution in [0.5, 0.6) is 0 Å². The molecule has 3 aromatic rings. The van der Waals surface area contributed by atoms with Crippen LogP contribution in [0.1, 0.15) is 5.56 Å². The second-order valence-corrected chi connectivity index (χ2v) is 4.53. The molecule has 0 radical (unpaired) electrons. The van der Waals surface area contributed by atoms with Gasteiger partial charge < -0.3 is 10.3 Å². The van der Waals surface area contributed by atoms with Crippen LogP contribution in [-0.2, 0) is 6.54 Å². The molecule has 0 atom stereocenters. The number of nitrogens with two attached hydrogens (primary N) is 1. The molecule has 2 N–H and O–H groups in total. The second kappa shape index (κ2) is 4.98. The van der Waals surface area contributed by atoms with Crippen molar-refractivity contribution in [3.8, 4) is 11.3 Å². The van der Waals surface area contributed by atoms with E-state index >= 15 is 0 Å². The quantitative estimate of drug-likeness (QED) is 0.724. The third-order valence-corrected chi connectivity index (χ3v) is 3.04. The smallest absolute Gasteiger partial charge is 0.0702 e. The molecule has 3 nitrogen and oxygen atoms in total. The summed E-state index contributed by atoms with van der Waals surface area (Å²) in [7, 11) is 0. The van der Waals surface area contributed by atoms with E-state index in [1.165, 1.54) is 5.56 Å². The molecule has 94 valence electrons. The first-order valence-electron chi connectivity index (χ1n) is 6.23. The number of rotatable bonds is 3. The van der Waals surface area contributed by atoms with Gasteiger partial charge in [-0.15, -0.1) is 0 Å². The Balaban J connectivity index is 1.82. The molecule has 0 aliphatic rings. The van der Waals surface area contributed by atoms with Gasteiger partial charge >= 0.3 is 0 Å². The van der Waals surface area contributed by atoms with Crippen molar-refractivity contribution in [1.82, 2.24) is 9.55 Å². The van der Waals surface area contributed by atoms with Gasteiger partial charge in [0.1, 0.15) is 0 Å². The van der Waals surface area contributed by atoms with E-state index in [-0.39, 0.29) is 0 Å². The van der Waals surface area contributed by atoms with Crippen LogP contribution in [0, 0.1) is 0 Å². The molecule has 0 fully saturated rings. The molecule has 0 unspecified atom stereocenters. The van der Waals surface area contributed by atoms with Gasteiger partial charge in [0.15, 0.2) is 0 Å². The Hall–Kier alpha value is -2.55. The summed E-state index contributed by atoms with van der Waals surface area (Å²) in [6.45, 7) is 0.844. The Morgan fingerprint density at radius 1 is 1.00 bits per heavy atom. The highest BCUT2D eigenvalue weighted by molar-refractivity contribution is 5.63. The molecule has 0 amide bonds. The van der Waals surface area contributed by atoms with Gasteiger partial charge in [-0.3, -0.25) is 4.98 Å². The van der Waals surface area contributed by atoms with Crippen molar-refractivity contribution in [2.24, 2.45) is 0 Å². The normalized spacial score (nSPS) is 10.5. The zero-order valence-corrected chi connectivity index (χ0v) is 10.5. The molecule has 0 saturated carbocycles. The molecule has 19 heavy (non-hydrogen) atoms. The van der Waals surface area contributed by atoms with E-state index < -0.39 is 0 Å². The van der Waals surface area contributed by atoms with Crippen LogP contribution in [0.25, 0.3) is 11.3 Å². The van der Waals surface area contributed by atoms with Crippen LogP contribution in [0.15, 0.2) is 67.1 Å². The summed E-state index contributed by atoms with van der Waals surface area (Å²) in [5.74, 6) is 0. The fourth-order valence-corrected chi connectivity index (χ4v) is 2.07. The monoisotopic (exact) mass is 249 g/mol. The zero-order chi connectivity index (χ0) is 13.1. The molecule has 0 spiro atoms. The molecule has 1 aromatic carbocycles. The molecule has 3 rings (SSSR count). The van der Waals surface area contributed by atoms with Gasteiger partial charge in [-0.25, -0.2) is 0 Å². The number of hydrogen-bond acceptors (Lipinski definition) is 2. The summed E-state index contributed by atoms with van der Waals surface area (Å²) in [6, 6.07) is 16.0. The summed E-state index contributed by atoms with van der Waals surface area (Å²) in [6.07, 6.45) is 6.01. The maximum Gasteiger partial charge on any atom is 0.0702 e. The zero-order valence-electron chi connectivity index (χ0n) is 10.5. The Morgan fingerprint density at radius 3 is 2.53 bits per heavy atom. The number of nitrogens with zero attached hydrogens (tertiary/aromatic N) is 2. The van der Waals surface area contributed by atoms with Gasteiger partial charge in [-0.1, -0.05) is 18.2 Å². The van der Waals surface area contributed by atoms with Gasteiger partial charge in [-0.05, 0) is 35.9 Å². The topological polar surface area (TPSA) is 43.8 Å². The minimum absolute atomic E-state index is 0.760. The van der Waals surface area contributed by atoms with Crippen LogP contribution in [0.4, 0.5) is 5.69 Å². The fraction of sp³-hybridized carbons (Fsp3) is 0.0625. The van der Waals surface area contributed by atoms with Gasteiger partial charge in [-0.2, -0.15) is 0 Å². The van der Waals surface area contributed by atoms with Crippen molar-refractivity contribution in [3.05, 3.63) is 72.7 Å². The first kappa shape index (κ1) is 11.5. The number of hydrogen-bond donors (Lipinski definition) is 1. The SMILES string of the molecule is Nc1cccc(-c2ccc(Cn3cccc3)cn2)c1. The lowest BCUT2D eigenvalue weighted by atomic mass is 10.1. The third-order valence-electron chi connectivity index (χ3n) is 3.04. The summed E-state index contributed by atoms with van der Waals surface area (Å²) in [5.41, 5.74) is 9.73. The number of aromatic nitrogens is 2. The van der Waals surface area contributed by atoms with Gasteiger partial charge in [0, 0.05) is 36.4 Å². The first-order chi connectivity index (χ1) is 9.31. The minimum atomic E-state index is 0.760. The van der Waals surface area contributed by atoms with Crippen LogP contribution in [0.3, 0.4) is 0 Å². The standard InChI is InChI=1S/C16H15N3/c17-15-5-3-4-14(10-15)16-7-6-13(11-18-16)12-19-8-1-2-9-19/h1-11H,12,17H2. The van der Waals surface area contributed by atoms with Crippen molar-refractivity contribution in [1.29, 1.82) is 0 Å². The van der Waals surface area contributed by atoms with E-state index in [1.807, 2.05) is 61.1 Å². The molecule has 0 bridgehead atoms. The molecule has 0 saturated heterocycles. The van der Waals surface area contributed by atoms with Crippen LogP contribution in [0.2, 0.25) is 0 Å². The summed E-state index contributed by atoms with van der Waals surface area (Å²) >= 11 is 0. The highest BCUT2D eigenvalue weighted by Crippen LogP contribution is 2.19. The lowest BCUT2D eigenvalue weighted by Gasteiger charge is -2.05. The number of anilines is 1. The predicted molar refractivity (Wildman–Crippen MR) is 77.6 cm³/mol. The minimum Gasteiger partial charge on any atom is -0.399 e. The van der Waals surface area contributed by atoms with E-state index in [9.17, 15) is 0 Å². The molecule has 3 heteroatoms. The Bertz CT molecular complexity index is 655. The third kappa shape index (κ3) is 2.65. The first-order valence-corrected chi connectivity index (χ1v) is 6.23. The summed E-state index contributed by atoms with van der Waals surface area (Å²) in [5, 5.41) is 0. The largest absolute Gasteiger partial charge is 0.399 e. The van der Waals surface area contributed by atoms with Crippen molar-refractivity contribution < 1.29 is 0 Å². The van der Waals surface area contributed by atoms with Crippen LogP contribution >= 0.6 is 0 Å². The van der Waals surface area contributed by atoms with Crippen molar-refractivity contribution >= 4 is 5.69 Å². The predicted octanol–water partition coefficient (Wildman–Crippen LogP) is 3.18. The fourth-order valence-electron chi connectivity index (χ4n) is 2.07. The molecule has 2 aromatic heterocycles. The number of benzene rings is 1. The molecular weight excluding hydrogens is 234 g/mol. The molecule has 0 aliphatic carbocycles. The van der Waals surface area contributed by atoms with Crippen molar-refractivity contribution in [2.45, 2.75) is 6.54 Å². The van der Waals surface area contributed by atoms with E-state index in [0.29, 0.717) is 0 Å². The second-order valence-electron chi connectivity index (χ2n) is 4.53. The Labute approximate surface area is 112 Å². The molecular formula is C16H15N3. The highest BCUT2D eigenvalue weighted by atomic mass is 14.9. The van der Waals surface area contributed by atoms with E-state index in [0.717, 1.165) is 23.5 Å². The van der Waals surface area contributed by atoms with E-state index in [4.69, 9.17) is 5.73 Å². The van der Waals surface area contributed by atoms with E-state index in [1.54, 1.807) is 0 Å². The maximum atomic E-state index is 5.79. The maximum absolute atomic E-state index is 5.79. The summed E-state index contributed by atoms with van der Waals surface area (Å²) < 4.78 is 2.12. The Kier molecular flexibility index (Phi) is 3.02. The number of nitrogen functional groups attached to an aromatic ring is 1. The van der Waals surface area contributed by atoms with Crippen LogP contribution < -0.4 is 5.73 Å². The van der Waals surface area contributed by atoms with Crippen molar-refractivity contribution in [3.63, 3.8) is 0 Å². The number of pyridine rings is 1. The van der Waals surface area contributed by atoms with Crippen molar-refractivity contribution in [2.75, 3.05) is 5.73 Å². The summed E-state index contributed by atoms with van der Waals surface area (Å²) in [4.78, 5) is 4.50. The van der Waals surface area contributed by atoms with Gasteiger partial charge in [0.2, 0.25) is 0 Å². The molecule has 0 aliphatic heterocycles. The molecule has 2 heterocycles. The Morgan fingerprint density at radius 2 is 1.84 bits per heavy atom. The van der Waals surface area contributed by atoms with Crippen LogP contribution in [-0.4, -0.2) is 9.55 Å². The average molecular weight is 249 g/mol. The van der Waals surface area contributed by atoms with E-state index in [2.05, 4.69) is 15.6 Å². The highest BCUT2D eigenvalue weighted by Gasteiger charge is 2.00. The van der Waals surface area contributed by atoms with Gasteiger partial charge in [0.25, 0.3) is 0 Å².